The van der Waals surface area contributed by atoms with E-state index in [1.807, 2.05) is 0 Å². The first-order valence-corrected chi connectivity index (χ1v) is 7.43. The lowest BCUT2D eigenvalue weighted by atomic mass is 9.89. The molecule has 0 heterocycles. The van der Waals surface area contributed by atoms with E-state index in [1.165, 1.54) is 21.0 Å². The molecule has 0 bridgehead atoms. The van der Waals surface area contributed by atoms with Gasteiger partial charge in [0.1, 0.15) is 18.2 Å². The fourth-order valence-electron chi connectivity index (χ4n) is 1.75. The lowest BCUT2D eigenvalue weighted by Gasteiger charge is -2.29. The third-order valence-corrected chi connectivity index (χ3v) is 3.23. The molecule has 0 aromatic heterocycles. The summed E-state index contributed by atoms with van der Waals surface area (Å²) in [6.07, 6.45) is -2.31. The Morgan fingerprint density at radius 2 is 1.88 bits per heavy atom. The molecule has 25 heavy (non-hydrogen) atoms. The molecule has 0 aliphatic carbocycles. The molecular formula is C17H23F2NO5. The van der Waals surface area contributed by atoms with Crippen molar-refractivity contribution >= 4 is 12.1 Å². The summed E-state index contributed by atoms with van der Waals surface area (Å²) in [6.45, 7) is 2.00. The third-order valence-electron chi connectivity index (χ3n) is 3.23. The fourth-order valence-corrected chi connectivity index (χ4v) is 1.75. The highest BCUT2D eigenvalue weighted by Crippen LogP contribution is 2.25. The molecule has 1 aromatic rings. The molecule has 0 saturated carbocycles. The molecule has 1 amide bonds. The number of benzene rings is 1. The molecule has 0 N–H and O–H groups in total. The molecule has 0 saturated heterocycles. The van der Waals surface area contributed by atoms with Crippen molar-refractivity contribution in [2.24, 2.45) is 5.41 Å². The number of methoxy groups -OCH3 is 1. The van der Waals surface area contributed by atoms with Crippen LogP contribution < -0.4 is 0 Å². The van der Waals surface area contributed by atoms with Crippen LogP contribution in [0.5, 0.6) is 0 Å². The molecule has 1 rings (SSSR count). The minimum absolute atomic E-state index is 0.0359. The van der Waals surface area contributed by atoms with Gasteiger partial charge in [0.2, 0.25) is 0 Å². The Morgan fingerprint density at radius 1 is 1.24 bits per heavy atom. The summed E-state index contributed by atoms with van der Waals surface area (Å²) >= 11 is 0. The largest absolute Gasteiger partial charge is 0.533 e. The summed E-state index contributed by atoms with van der Waals surface area (Å²) in [5, 5.41) is 0.584. The van der Waals surface area contributed by atoms with Gasteiger partial charge in [0, 0.05) is 21.3 Å². The summed E-state index contributed by atoms with van der Waals surface area (Å²) < 4.78 is 51.5. The molecule has 0 fully saturated rings. The Balaban J connectivity index is 3.04. The molecule has 8 heteroatoms. The van der Waals surface area contributed by atoms with Crippen molar-refractivity contribution in [3.63, 3.8) is 0 Å². The van der Waals surface area contributed by atoms with Crippen LogP contribution in [-0.2, 0) is 25.7 Å². The predicted octanol–water partition coefficient (Wildman–Crippen LogP) is 3.44. The van der Waals surface area contributed by atoms with Crippen LogP contribution in [0.3, 0.4) is 0 Å². The van der Waals surface area contributed by atoms with Gasteiger partial charge in [-0.05, 0) is 24.1 Å². The summed E-state index contributed by atoms with van der Waals surface area (Å²) in [6, 6.07) is 2.64. The van der Waals surface area contributed by atoms with Gasteiger partial charge in [-0.15, -0.1) is 0 Å². The summed E-state index contributed by atoms with van der Waals surface area (Å²) in [5.41, 5.74) is -1.35. The molecule has 0 radical (unpaired) electrons. The van der Waals surface area contributed by atoms with Crippen molar-refractivity contribution < 1.29 is 35.4 Å². The molecule has 0 aliphatic heterocycles. The number of amides is 1. The number of rotatable bonds is 7. The number of carbonyl (C=O) groups is 2. The standard InChI is InChI=1S/C17H23F2NO5/c1-5-17(2,3)15(21)20(25-16(22)24-7-6-23-4)11-12-8-13(18)10-14(19)9-12/h8-10H,5-7,11H2,1-4H3/i1D,5D. The first-order chi connectivity index (χ1) is 12.6. The molecular weight excluding hydrogens is 336 g/mol. The van der Waals surface area contributed by atoms with Gasteiger partial charge in [-0.2, -0.15) is 5.06 Å². The fraction of sp³-hybridized carbons (Fsp3) is 0.529. The summed E-state index contributed by atoms with van der Waals surface area (Å²) in [4.78, 5) is 29.5. The van der Waals surface area contributed by atoms with Crippen LogP contribution in [0.25, 0.3) is 0 Å². The minimum atomic E-state index is -1.39. The zero-order valence-electron chi connectivity index (χ0n) is 16.4. The highest BCUT2D eigenvalue weighted by atomic mass is 19.1. The van der Waals surface area contributed by atoms with Crippen LogP contribution in [0.2, 0.25) is 0 Å². The lowest BCUT2D eigenvalue weighted by molar-refractivity contribution is -0.185. The number of carbonyl (C=O) groups excluding carboxylic acids is 2. The maximum Gasteiger partial charge on any atom is 0.533 e. The second kappa shape index (κ2) is 9.31. The van der Waals surface area contributed by atoms with Crippen LogP contribution in [0.4, 0.5) is 13.6 Å². The number of hydrogen-bond donors (Lipinski definition) is 0. The maximum atomic E-state index is 13.4. The molecule has 140 valence electrons. The van der Waals surface area contributed by atoms with Crippen LogP contribution in [0.15, 0.2) is 18.2 Å². The SMILES string of the molecule is [2H]CC([2H])C(C)(C)C(=O)N(Cc1cc(F)cc(F)c1)OC(=O)OCCOC. The molecule has 1 atom stereocenters. The quantitative estimate of drug-likeness (QED) is 0.423. The van der Waals surface area contributed by atoms with E-state index in [4.69, 9.17) is 17.1 Å². The molecule has 1 unspecified atom stereocenters. The Bertz CT molecular complexity index is 640. The first kappa shape index (κ1) is 17.6. The lowest BCUT2D eigenvalue weighted by Crippen LogP contribution is -2.41. The van der Waals surface area contributed by atoms with Gasteiger partial charge >= 0.3 is 6.16 Å². The average molecular weight is 361 g/mol. The van der Waals surface area contributed by atoms with Crippen LogP contribution >= 0.6 is 0 Å². The maximum absolute atomic E-state index is 13.4. The van der Waals surface area contributed by atoms with Crippen molar-refractivity contribution in [1.29, 1.82) is 0 Å². The number of ether oxygens (including phenoxy) is 2. The van der Waals surface area contributed by atoms with Crippen molar-refractivity contribution in [3.8, 4) is 0 Å². The van der Waals surface area contributed by atoms with E-state index in [0.29, 0.717) is 11.1 Å². The van der Waals surface area contributed by atoms with Gasteiger partial charge in [0.15, 0.2) is 0 Å². The zero-order valence-corrected chi connectivity index (χ0v) is 14.4. The van der Waals surface area contributed by atoms with E-state index >= 15 is 0 Å². The molecule has 0 spiro atoms. The van der Waals surface area contributed by atoms with E-state index in [0.717, 1.165) is 12.1 Å². The van der Waals surface area contributed by atoms with Crippen molar-refractivity contribution in [2.75, 3.05) is 20.3 Å². The van der Waals surface area contributed by atoms with E-state index in [1.54, 1.807) is 0 Å². The Kier molecular flexibility index (Phi) is 6.55. The van der Waals surface area contributed by atoms with E-state index in [2.05, 4.69) is 0 Å². The molecule has 6 nitrogen and oxygen atoms in total. The van der Waals surface area contributed by atoms with Crippen LogP contribution in [0.1, 0.15) is 35.4 Å². The predicted molar refractivity (Wildman–Crippen MR) is 85.3 cm³/mol. The minimum Gasteiger partial charge on any atom is -0.430 e. The molecule has 1 aromatic carbocycles. The Hall–Kier alpha value is -2.22. The third kappa shape index (κ3) is 6.66. The second-order valence-corrected chi connectivity index (χ2v) is 5.73. The van der Waals surface area contributed by atoms with Crippen molar-refractivity contribution in [1.82, 2.24) is 5.06 Å². The topological polar surface area (TPSA) is 65.1 Å². The van der Waals surface area contributed by atoms with Crippen LogP contribution in [-0.4, -0.2) is 37.4 Å². The summed E-state index contributed by atoms with van der Waals surface area (Å²) in [5.74, 6) is -2.52. The van der Waals surface area contributed by atoms with Gasteiger partial charge in [0.05, 0.1) is 13.2 Å². The molecule has 0 aliphatic rings. The number of hydrogen-bond acceptors (Lipinski definition) is 5. The Labute approximate surface area is 148 Å². The monoisotopic (exact) mass is 361 g/mol. The van der Waals surface area contributed by atoms with Gasteiger partial charge in [-0.25, -0.2) is 13.6 Å². The zero-order chi connectivity index (χ0) is 20.6. The summed E-state index contributed by atoms with van der Waals surface area (Å²) in [7, 11) is 1.40. The second-order valence-electron chi connectivity index (χ2n) is 5.73. The van der Waals surface area contributed by atoms with Gasteiger partial charge < -0.3 is 14.3 Å². The average Bonchev–Trinajstić information content (AvgIpc) is 2.59. The smallest absolute Gasteiger partial charge is 0.430 e. The van der Waals surface area contributed by atoms with E-state index < -0.39 is 42.1 Å². The van der Waals surface area contributed by atoms with Crippen LogP contribution in [0, 0.1) is 17.0 Å². The van der Waals surface area contributed by atoms with Gasteiger partial charge in [0.25, 0.3) is 5.91 Å². The highest BCUT2D eigenvalue weighted by molar-refractivity contribution is 5.82. The number of halogens is 2. The van der Waals surface area contributed by atoms with Crippen molar-refractivity contribution in [3.05, 3.63) is 35.4 Å². The van der Waals surface area contributed by atoms with E-state index in [9.17, 15) is 18.4 Å². The Morgan fingerprint density at radius 3 is 2.44 bits per heavy atom. The van der Waals surface area contributed by atoms with Crippen molar-refractivity contribution in [2.45, 2.75) is 33.7 Å². The van der Waals surface area contributed by atoms with E-state index in [-0.39, 0.29) is 25.7 Å². The number of nitrogens with zero attached hydrogens (tertiary/aromatic N) is 1. The van der Waals surface area contributed by atoms with Gasteiger partial charge in [-0.1, -0.05) is 20.7 Å². The first-order valence-electron chi connectivity index (χ1n) is 8.72. The van der Waals surface area contributed by atoms with Gasteiger partial charge in [-0.3, -0.25) is 4.79 Å². The number of hydroxylamine groups is 2. The highest BCUT2D eigenvalue weighted by Gasteiger charge is 2.33. The normalized spacial score (nSPS) is 13.5.